The molecule has 2 heterocycles. The fourth-order valence-corrected chi connectivity index (χ4v) is 5.32. The summed E-state index contributed by atoms with van der Waals surface area (Å²) in [4.78, 5) is 17.9. The number of rotatable bonds is 6. The van der Waals surface area contributed by atoms with E-state index in [1.54, 1.807) is 13.8 Å². The Hall–Kier alpha value is -3.02. The van der Waals surface area contributed by atoms with Crippen LogP contribution in [0, 0.1) is 47.0 Å². The van der Waals surface area contributed by atoms with Crippen molar-refractivity contribution in [1.29, 1.82) is 10.5 Å². The van der Waals surface area contributed by atoms with Crippen LogP contribution in [0.3, 0.4) is 0 Å². The molecule has 1 atom stereocenters. The van der Waals surface area contributed by atoms with E-state index in [9.17, 15) is 15.3 Å². The minimum Gasteiger partial charge on any atom is -0.459 e. The molecule has 0 saturated carbocycles. The fraction of sp³-hybridized carbons (Fsp3) is 0.308. The van der Waals surface area contributed by atoms with Gasteiger partial charge in [-0.15, -0.1) is 0 Å². The van der Waals surface area contributed by atoms with Crippen LogP contribution in [-0.4, -0.2) is 22.8 Å². The zero-order valence-corrected chi connectivity index (χ0v) is 23.1. The molecule has 2 N–H and O–H groups in total. The minimum absolute atomic E-state index is 0.0576. The second-order valence-electron chi connectivity index (χ2n) is 8.30. The molecule has 180 valence electrons. The van der Waals surface area contributed by atoms with Crippen LogP contribution in [0.25, 0.3) is 0 Å². The van der Waals surface area contributed by atoms with E-state index >= 15 is 0 Å². The van der Waals surface area contributed by atoms with Gasteiger partial charge in [-0.3, -0.25) is 0 Å². The second-order valence-corrected chi connectivity index (χ2v) is 10.5. The molecule has 0 aliphatic carbocycles. The lowest BCUT2D eigenvalue weighted by molar-refractivity contribution is -0.143. The van der Waals surface area contributed by atoms with Gasteiger partial charge in [0.15, 0.2) is 0 Å². The van der Waals surface area contributed by atoms with Crippen molar-refractivity contribution in [2.45, 2.75) is 51.7 Å². The number of nitrogens with zero attached hydrogens (tertiary/aromatic N) is 3. The summed E-state index contributed by atoms with van der Waals surface area (Å²) in [5.41, 5.74) is 10.4. The van der Waals surface area contributed by atoms with E-state index in [2.05, 4.69) is 39.7 Å². The first-order valence-electron chi connectivity index (χ1n) is 10.9. The topological polar surface area (TPSA) is 122 Å². The number of halogens is 1. The number of aromatic nitrogens is 1. The highest BCUT2D eigenvalue weighted by atomic mass is 127. The molecule has 9 heteroatoms. The number of pyridine rings is 1. The van der Waals surface area contributed by atoms with Crippen LogP contribution in [0.4, 0.5) is 0 Å². The third-order valence-electron chi connectivity index (χ3n) is 5.66. The van der Waals surface area contributed by atoms with E-state index in [1.165, 1.54) is 11.8 Å². The summed E-state index contributed by atoms with van der Waals surface area (Å²) in [7, 11) is 0. The Labute approximate surface area is 223 Å². The lowest BCUT2D eigenvalue weighted by atomic mass is 9.83. The van der Waals surface area contributed by atoms with E-state index < -0.39 is 11.9 Å². The molecule has 1 aromatic carbocycles. The fourth-order valence-electron chi connectivity index (χ4n) is 3.73. The average molecular weight is 600 g/mol. The van der Waals surface area contributed by atoms with Crippen molar-refractivity contribution >= 4 is 40.3 Å². The number of hydrogen-bond acceptors (Lipinski definition) is 8. The summed E-state index contributed by atoms with van der Waals surface area (Å²) in [5.74, 6) is -0.925. The second kappa shape index (κ2) is 11.1. The first kappa shape index (κ1) is 26.6. The van der Waals surface area contributed by atoms with Crippen molar-refractivity contribution in [3.8, 4) is 12.1 Å². The van der Waals surface area contributed by atoms with Crippen molar-refractivity contribution in [2.24, 2.45) is 5.73 Å². The van der Waals surface area contributed by atoms with Gasteiger partial charge in [0.25, 0.3) is 0 Å². The van der Waals surface area contributed by atoms with E-state index in [0.717, 1.165) is 26.0 Å². The third kappa shape index (κ3) is 5.63. The maximum atomic E-state index is 13.3. The maximum Gasteiger partial charge on any atom is 0.338 e. The molecule has 0 bridgehead atoms. The summed E-state index contributed by atoms with van der Waals surface area (Å²) in [5, 5.41) is 20.2. The highest BCUT2D eigenvalue weighted by molar-refractivity contribution is 14.1. The summed E-state index contributed by atoms with van der Waals surface area (Å²) < 4.78 is 12.3. The van der Waals surface area contributed by atoms with Gasteiger partial charge < -0.3 is 15.2 Å². The van der Waals surface area contributed by atoms with E-state index in [4.69, 9.17) is 15.2 Å². The summed E-state index contributed by atoms with van der Waals surface area (Å²) in [6.45, 7) is 9.23. The number of thioether (sulfide) groups is 1. The molecular formula is C26H25IN4O3S. The number of benzene rings is 1. The monoisotopic (exact) mass is 600 g/mol. The maximum absolute atomic E-state index is 13.3. The van der Waals surface area contributed by atoms with Crippen molar-refractivity contribution in [3.63, 3.8) is 0 Å². The third-order valence-corrected chi connectivity index (χ3v) is 7.30. The molecule has 1 aromatic heterocycles. The molecule has 1 aliphatic heterocycles. The van der Waals surface area contributed by atoms with Crippen LogP contribution >= 0.6 is 34.4 Å². The lowest BCUT2D eigenvalue weighted by Gasteiger charge is -2.28. The van der Waals surface area contributed by atoms with E-state index in [0.29, 0.717) is 10.6 Å². The van der Waals surface area contributed by atoms with Crippen LogP contribution in [0.1, 0.15) is 47.7 Å². The largest absolute Gasteiger partial charge is 0.459 e. The molecule has 0 spiro atoms. The molecule has 0 amide bonds. The van der Waals surface area contributed by atoms with Crippen molar-refractivity contribution in [1.82, 2.24) is 4.98 Å². The number of aryl methyl sites for hydroxylation is 1. The molecule has 0 saturated heterocycles. The summed E-state index contributed by atoms with van der Waals surface area (Å²) in [6.07, 6.45) is -0.372. The van der Waals surface area contributed by atoms with Crippen LogP contribution in [-0.2, 0) is 14.3 Å². The standard InChI is InChI=1S/C26H25IN4O3S/c1-13(2)33-26(32)23-21(12-35-25-19(10-28)15(4)14(3)16(5)31-25)34-24(30)20(11-29)22(23)17-7-6-8-18(27)9-17/h6-9,13,22H,12,30H2,1-5H3. The normalized spacial score (nSPS) is 15.5. The predicted molar refractivity (Wildman–Crippen MR) is 142 cm³/mol. The number of esters is 1. The Morgan fingerprint density at radius 2 is 1.97 bits per heavy atom. The summed E-state index contributed by atoms with van der Waals surface area (Å²) in [6, 6.07) is 11.9. The van der Waals surface area contributed by atoms with Gasteiger partial charge in [-0.25, -0.2) is 9.78 Å². The molecule has 35 heavy (non-hydrogen) atoms. The van der Waals surface area contributed by atoms with Gasteiger partial charge in [-0.1, -0.05) is 23.9 Å². The number of hydrogen-bond donors (Lipinski definition) is 1. The van der Waals surface area contributed by atoms with Crippen molar-refractivity contribution in [2.75, 3.05) is 5.75 Å². The molecule has 2 aromatic rings. The molecular weight excluding hydrogens is 575 g/mol. The Morgan fingerprint density at radius 1 is 1.26 bits per heavy atom. The quantitative estimate of drug-likeness (QED) is 0.270. The van der Waals surface area contributed by atoms with Gasteiger partial charge in [0.2, 0.25) is 5.88 Å². The van der Waals surface area contributed by atoms with Gasteiger partial charge in [0, 0.05) is 9.26 Å². The van der Waals surface area contributed by atoms with Crippen molar-refractivity contribution in [3.05, 3.63) is 78.6 Å². The predicted octanol–water partition coefficient (Wildman–Crippen LogP) is 5.29. The minimum atomic E-state index is -0.741. The summed E-state index contributed by atoms with van der Waals surface area (Å²) >= 11 is 3.46. The zero-order chi connectivity index (χ0) is 25.9. The average Bonchev–Trinajstić information content (AvgIpc) is 2.80. The van der Waals surface area contributed by atoms with Gasteiger partial charge >= 0.3 is 5.97 Å². The first-order valence-corrected chi connectivity index (χ1v) is 12.9. The number of carbonyl (C=O) groups excluding carboxylic acids is 1. The van der Waals surface area contributed by atoms with Gasteiger partial charge in [0.1, 0.15) is 28.5 Å². The SMILES string of the molecule is Cc1nc(SCC2=C(C(=O)OC(C)C)C(c3cccc(I)c3)C(C#N)=C(N)O2)c(C#N)c(C)c1C. The molecule has 3 rings (SSSR count). The Bertz CT molecular complexity index is 1340. The number of ether oxygens (including phenoxy) is 2. The number of allylic oxidation sites excluding steroid dienone is 1. The van der Waals surface area contributed by atoms with Crippen molar-refractivity contribution < 1.29 is 14.3 Å². The number of carbonyl (C=O) groups is 1. The molecule has 1 unspecified atom stereocenters. The highest BCUT2D eigenvalue weighted by Crippen LogP contribution is 2.42. The van der Waals surface area contributed by atoms with Crippen LogP contribution < -0.4 is 5.73 Å². The Balaban J connectivity index is 2.15. The molecule has 1 aliphatic rings. The van der Waals surface area contributed by atoms with Crippen LogP contribution in [0.2, 0.25) is 0 Å². The van der Waals surface area contributed by atoms with Gasteiger partial charge in [-0.05, 0) is 86.0 Å². The smallest absolute Gasteiger partial charge is 0.338 e. The van der Waals surface area contributed by atoms with Crippen LogP contribution in [0.15, 0.2) is 52.1 Å². The Kier molecular flexibility index (Phi) is 8.47. The molecule has 7 nitrogen and oxygen atoms in total. The first-order chi connectivity index (χ1) is 16.6. The molecule has 0 fully saturated rings. The zero-order valence-electron chi connectivity index (χ0n) is 20.1. The van der Waals surface area contributed by atoms with Gasteiger partial charge in [0.05, 0.1) is 28.9 Å². The van der Waals surface area contributed by atoms with Crippen LogP contribution in [0.5, 0.6) is 0 Å². The highest BCUT2D eigenvalue weighted by Gasteiger charge is 2.38. The Morgan fingerprint density at radius 3 is 2.57 bits per heavy atom. The number of nitriles is 2. The van der Waals surface area contributed by atoms with E-state index in [1.807, 2.05) is 45.0 Å². The van der Waals surface area contributed by atoms with E-state index in [-0.39, 0.29) is 34.6 Å². The number of nitrogens with two attached hydrogens (primary N) is 1. The molecule has 0 radical (unpaired) electrons. The van der Waals surface area contributed by atoms with Gasteiger partial charge in [-0.2, -0.15) is 10.5 Å². The lowest BCUT2D eigenvalue weighted by Crippen LogP contribution is -2.28.